The maximum Gasteiger partial charge on any atom is 0.262 e. The van der Waals surface area contributed by atoms with E-state index in [1.165, 1.54) is 11.3 Å². The van der Waals surface area contributed by atoms with Crippen molar-refractivity contribution in [2.75, 3.05) is 0 Å². The van der Waals surface area contributed by atoms with Gasteiger partial charge in [-0.25, -0.2) is 0 Å². The summed E-state index contributed by atoms with van der Waals surface area (Å²) in [7, 11) is 1.82. The Kier molecular flexibility index (Phi) is 5.32. The van der Waals surface area contributed by atoms with Crippen molar-refractivity contribution < 1.29 is 9.59 Å². The highest BCUT2D eigenvalue weighted by atomic mass is 32.1. The minimum atomic E-state index is -0.567. The second-order valence-corrected chi connectivity index (χ2v) is 6.28. The fourth-order valence-corrected chi connectivity index (χ4v) is 2.64. The van der Waals surface area contributed by atoms with Gasteiger partial charge in [0, 0.05) is 13.2 Å². The van der Waals surface area contributed by atoms with Gasteiger partial charge in [-0.1, -0.05) is 19.9 Å². The molecule has 2 amide bonds. The lowest BCUT2D eigenvalue weighted by molar-refractivity contribution is -0.124. The average molecular weight is 320 g/mol. The molecular formula is C15H20N4O2S. The number of hydrogen-bond acceptors (Lipinski definition) is 4. The van der Waals surface area contributed by atoms with E-state index in [0.29, 0.717) is 11.4 Å². The summed E-state index contributed by atoms with van der Waals surface area (Å²) in [6.45, 7) is 4.19. The highest BCUT2D eigenvalue weighted by Gasteiger charge is 2.24. The van der Waals surface area contributed by atoms with Gasteiger partial charge in [0.1, 0.15) is 6.04 Å². The number of nitrogens with zero attached hydrogens (tertiary/aromatic N) is 2. The molecule has 2 heterocycles. The second-order valence-electron chi connectivity index (χ2n) is 5.34. The monoisotopic (exact) mass is 320 g/mol. The molecule has 0 aliphatic heterocycles. The minimum Gasteiger partial charge on any atom is -0.349 e. The molecule has 0 radical (unpaired) electrons. The lowest BCUT2D eigenvalue weighted by Gasteiger charge is -2.21. The average Bonchev–Trinajstić information content (AvgIpc) is 3.13. The van der Waals surface area contributed by atoms with Crippen molar-refractivity contribution in [1.82, 2.24) is 20.4 Å². The number of thiophene rings is 1. The molecule has 2 aromatic heterocycles. The van der Waals surface area contributed by atoms with Gasteiger partial charge in [-0.15, -0.1) is 11.3 Å². The Bertz CT molecular complexity index is 634. The molecule has 1 unspecified atom stereocenters. The number of hydrogen-bond donors (Lipinski definition) is 2. The van der Waals surface area contributed by atoms with E-state index < -0.39 is 6.04 Å². The molecule has 0 aliphatic rings. The second kappa shape index (κ2) is 7.22. The molecule has 6 nitrogen and oxygen atoms in total. The summed E-state index contributed by atoms with van der Waals surface area (Å²) in [5.41, 5.74) is 0.903. The van der Waals surface area contributed by atoms with Crippen molar-refractivity contribution in [3.63, 3.8) is 0 Å². The summed E-state index contributed by atoms with van der Waals surface area (Å²) in [6.07, 6.45) is 1.68. The first-order valence-corrected chi connectivity index (χ1v) is 7.96. The molecule has 0 saturated carbocycles. The number of aryl methyl sites for hydroxylation is 1. The van der Waals surface area contributed by atoms with E-state index in [1.54, 1.807) is 16.9 Å². The first kappa shape index (κ1) is 16.2. The number of aromatic nitrogens is 2. The normalized spacial score (nSPS) is 12.2. The Morgan fingerprint density at radius 2 is 2.14 bits per heavy atom. The van der Waals surface area contributed by atoms with Gasteiger partial charge >= 0.3 is 0 Å². The summed E-state index contributed by atoms with van der Waals surface area (Å²) in [6, 6.07) is 4.83. The number of carbonyl (C=O) groups is 2. The zero-order chi connectivity index (χ0) is 16.1. The van der Waals surface area contributed by atoms with Crippen LogP contribution >= 0.6 is 11.3 Å². The molecule has 0 fully saturated rings. The molecule has 1 atom stereocenters. The van der Waals surface area contributed by atoms with Gasteiger partial charge < -0.3 is 10.6 Å². The topological polar surface area (TPSA) is 76.0 Å². The van der Waals surface area contributed by atoms with Gasteiger partial charge in [0.2, 0.25) is 5.91 Å². The third kappa shape index (κ3) is 3.94. The molecule has 0 saturated heterocycles. The fourth-order valence-electron chi connectivity index (χ4n) is 2.02. The Labute approximate surface area is 133 Å². The molecule has 0 spiro atoms. The predicted octanol–water partition coefficient (Wildman–Crippen LogP) is 1.55. The van der Waals surface area contributed by atoms with Gasteiger partial charge in [0.15, 0.2) is 0 Å². The van der Waals surface area contributed by atoms with Gasteiger partial charge in [-0.2, -0.15) is 5.10 Å². The van der Waals surface area contributed by atoms with Crippen molar-refractivity contribution in [3.8, 4) is 0 Å². The van der Waals surface area contributed by atoms with E-state index >= 15 is 0 Å². The van der Waals surface area contributed by atoms with Crippen LogP contribution in [-0.4, -0.2) is 27.6 Å². The van der Waals surface area contributed by atoms with Gasteiger partial charge in [-0.3, -0.25) is 14.3 Å². The predicted molar refractivity (Wildman–Crippen MR) is 85.5 cm³/mol. The van der Waals surface area contributed by atoms with Crippen molar-refractivity contribution in [2.45, 2.75) is 26.4 Å². The molecule has 2 N–H and O–H groups in total. The van der Waals surface area contributed by atoms with Crippen LogP contribution in [0, 0.1) is 5.92 Å². The summed E-state index contributed by atoms with van der Waals surface area (Å²) in [5.74, 6) is -0.416. The van der Waals surface area contributed by atoms with Gasteiger partial charge in [0.05, 0.1) is 17.1 Å². The highest BCUT2D eigenvalue weighted by molar-refractivity contribution is 7.12. The summed E-state index contributed by atoms with van der Waals surface area (Å²) >= 11 is 1.35. The van der Waals surface area contributed by atoms with E-state index in [1.807, 2.05) is 38.4 Å². The summed E-state index contributed by atoms with van der Waals surface area (Å²) in [4.78, 5) is 25.1. The molecule has 118 valence electrons. The van der Waals surface area contributed by atoms with Crippen LogP contribution in [0.2, 0.25) is 0 Å². The Morgan fingerprint density at radius 1 is 1.36 bits per heavy atom. The van der Waals surface area contributed by atoms with Crippen LogP contribution in [0.1, 0.15) is 29.2 Å². The molecule has 0 bridgehead atoms. The number of amides is 2. The number of nitrogens with one attached hydrogen (secondary N) is 2. The lowest BCUT2D eigenvalue weighted by Crippen LogP contribution is -2.49. The van der Waals surface area contributed by atoms with Gasteiger partial charge in [-0.05, 0) is 23.4 Å². The SMILES string of the molecule is CC(C)C(NC(=O)c1cccs1)C(=O)NCc1ccnn1C. The third-order valence-corrected chi connectivity index (χ3v) is 4.22. The molecule has 7 heteroatoms. The maximum absolute atomic E-state index is 12.3. The van der Waals surface area contributed by atoms with Crippen molar-refractivity contribution in [1.29, 1.82) is 0 Å². The number of rotatable bonds is 6. The first-order valence-electron chi connectivity index (χ1n) is 7.08. The quantitative estimate of drug-likeness (QED) is 0.848. The Morgan fingerprint density at radius 3 is 2.68 bits per heavy atom. The van der Waals surface area contributed by atoms with Crippen LogP contribution in [0.15, 0.2) is 29.8 Å². The number of carbonyl (C=O) groups excluding carboxylic acids is 2. The van der Waals surface area contributed by atoms with Crippen molar-refractivity contribution >= 4 is 23.2 Å². The van der Waals surface area contributed by atoms with E-state index in [9.17, 15) is 9.59 Å². The van der Waals surface area contributed by atoms with Gasteiger partial charge in [0.25, 0.3) is 5.91 Å². The first-order chi connectivity index (χ1) is 10.5. The molecular weight excluding hydrogens is 300 g/mol. The highest BCUT2D eigenvalue weighted by Crippen LogP contribution is 2.10. The van der Waals surface area contributed by atoms with Crippen LogP contribution in [0.25, 0.3) is 0 Å². The standard InChI is InChI=1S/C15H20N4O2S/c1-10(2)13(18-14(20)12-5-4-8-22-12)15(21)16-9-11-6-7-17-19(11)3/h4-8,10,13H,9H2,1-3H3,(H,16,21)(H,18,20). The van der Waals surface area contributed by atoms with E-state index in [2.05, 4.69) is 15.7 Å². The molecule has 0 aromatic carbocycles. The van der Waals surface area contributed by atoms with Crippen LogP contribution < -0.4 is 10.6 Å². The van der Waals surface area contributed by atoms with E-state index in [0.717, 1.165) is 5.69 Å². The minimum absolute atomic E-state index is 0.00421. The molecule has 2 aromatic rings. The van der Waals surface area contributed by atoms with E-state index in [4.69, 9.17) is 0 Å². The zero-order valence-electron chi connectivity index (χ0n) is 12.9. The zero-order valence-corrected chi connectivity index (χ0v) is 13.7. The summed E-state index contributed by atoms with van der Waals surface area (Å²) < 4.78 is 1.70. The van der Waals surface area contributed by atoms with Crippen LogP contribution in [0.5, 0.6) is 0 Å². The third-order valence-electron chi connectivity index (χ3n) is 3.35. The molecule has 0 aliphatic carbocycles. The fraction of sp³-hybridized carbons (Fsp3) is 0.400. The van der Waals surface area contributed by atoms with Crippen LogP contribution in [0.3, 0.4) is 0 Å². The van der Waals surface area contributed by atoms with Crippen molar-refractivity contribution in [2.24, 2.45) is 13.0 Å². The van der Waals surface area contributed by atoms with Crippen LogP contribution in [-0.2, 0) is 18.4 Å². The molecule has 2 rings (SSSR count). The lowest BCUT2D eigenvalue weighted by atomic mass is 10.0. The maximum atomic E-state index is 12.3. The smallest absolute Gasteiger partial charge is 0.262 e. The van der Waals surface area contributed by atoms with Crippen molar-refractivity contribution in [3.05, 3.63) is 40.3 Å². The van der Waals surface area contributed by atoms with E-state index in [-0.39, 0.29) is 17.7 Å². The molecule has 22 heavy (non-hydrogen) atoms. The largest absolute Gasteiger partial charge is 0.349 e. The Balaban J connectivity index is 1.96. The summed E-state index contributed by atoms with van der Waals surface area (Å²) in [5, 5.41) is 11.5. The Hall–Kier alpha value is -2.15. The van der Waals surface area contributed by atoms with Crippen LogP contribution in [0.4, 0.5) is 0 Å².